The maximum atomic E-state index is 12.4. The van der Waals surface area contributed by atoms with Gasteiger partial charge in [0.1, 0.15) is 5.69 Å². The van der Waals surface area contributed by atoms with Gasteiger partial charge in [0.2, 0.25) is 5.01 Å². The molecule has 20 heavy (non-hydrogen) atoms. The van der Waals surface area contributed by atoms with Crippen molar-refractivity contribution in [3.63, 3.8) is 0 Å². The first-order valence-electron chi connectivity index (χ1n) is 6.65. The van der Waals surface area contributed by atoms with Gasteiger partial charge in [-0.05, 0) is 20.9 Å². The average molecular weight is 297 g/mol. The van der Waals surface area contributed by atoms with E-state index < -0.39 is 5.97 Å². The number of ether oxygens (including phenoxy) is 1. The van der Waals surface area contributed by atoms with Crippen LogP contribution >= 0.6 is 11.3 Å². The first-order valence-corrected chi connectivity index (χ1v) is 7.53. The average Bonchev–Trinajstić information content (AvgIpc) is 2.88. The number of thiazole rings is 1. The number of rotatable bonds is 3. The number of nitrogens with zero attached hydrogens (tertiary/aromatic N) is 3. The second kappa shape index (κ2) is 6.32. The van der Waals surface area contributed by atoms with E-state index in [1.165, 1.54) is 0 Å². The second-order valence-corrected chi connectivity index (χ2v) is 5.73. The zero-order valence-electron chi connectivity index (χ0n) is 12.0. The summed E-state index contributed by atoms with van der Waals surface area (Å²) in [6.07, 6.45) is 0. The van der Waals surface area contributed by atoms with E-state index in [-0.39, 0.29) is 17.0 Å². The molecule has 0 saturated carbocycles. The summed E-state index contributed by atoms with van der Waals surface area (Å²) in [4.78, 5) is 32.1. The monoisotopic (exact) mass is 297 g/mol. The summed E-state index contributed by atoms with van der Waals surface area (Å²) < 4.78 is 4.88. The lowest BCUT2D eigenvalue weighted by molar-refractivity contribution is 0.0522. The molecular weight excluding hydrogens is 278 g/mol. The van der Waals surface area contributed by atoms with Crippen LogP contribution in [0, 0.1) is 0 Å². The molecule has 2 rings (SSSR count). The van der Waals surface area contributed by atoms with E-state index in [1.54, 1.807) is 12.3 Å². The summed E-state index contributed by atoms with van der Waals surface area (Å²) in [5.41, 5.74) is 0.328. The molecule has 110 valence electrons. The molecule has 0 N–H and O–H groups in total. The van der Waals surface area contributed by atoms with E-state index in [4.69, 9.17) is 4.74 Å². The third-order valence-corrected chi connectivity index (χ3v) is 4.09. The molecule has 1 aliphatic rings. The zero-order valence-corrected chi connectivity index (χ0v) is 12.8. The van der Waals surface area contributed by atoms with Crippen LogP contribution in [-0.4, -0.2) is 66.0 Å². The SMILES string of the molecule is CCOC(=O)c1nc(C(=O)N2CCN(C)CC2C)cs1. The van der Waals surface area contributed by atoms with Crippen LogP contribution < -0.4 is 0 Å². The van der Waals surface area contributed by atoms with Gasteiger partial charge in [-0.3, -0.25) is 4.79 Å². The first-order chi connectivity index (χ1) is 9.52. The largest absolute Gasteiger partial charge is 0.461 e. The van der Waals surface area contributed by atoms with Gasteiger partial charge in [-0.1, -0.05) is 0 Å². The fraction of sp³-hybridized carbons (Fsp3) is 0.615. The molecule has 0 spiro atoms. The number of amides is 1. The van der Waals surface area contributed by atoms with E-state index in [0.29, 0.717) is 18.8 Å². The summed E-state index contributed by atoms with van der Waals surface area (Å²) >= 11 is 1.15. The zero-order chi connectivity index (χ0) is 14.7. The predicted octanol–water partition coefficient (Wildman–Crippen LogP) is 1.10. The Bertz CT molecular complexity index is 503. The molecule has 6 nitrogen and oxygen atoms in total. The Morgan fingerprint density at radius 1 is 1.50 bits per heavy atom. The van der Waals surface area contributed by atoms with E-state index in [9.17, 15) is 9.59 Å². The Labute approximate surface area is 122 Å². The lowest BCUT2D eigenvalue weighted by Crippen LogP contribution is -2.52. The summed E-state index contributed by atoms with van der Waals surface area (Å²) in [6.45, 7) is 6.45. The van der Waals surface area contributed by atoms with E-state index in [0.717, 1.165) is 24.4 Å². The molecule has 1 amide bonds. The van der Waals surface area contributed by atoms with Gasteiger partial charge in [-0.15, -0.1) is 11.3 Å². The van der Waals surface area contributed by atoms with Gasteiger partial charge in [0.25, 0.3) is 5.91 Å². The van der Waals surface area contributed by atoms with Crippen LogP contribution in [0.5, 0.6) is 0 Å². The molecule has 1 atom stereocenters. The Morgan fingerprint density at radius 3 is 2.90 bits per heavy atom. The number of carbonyl (C=O) groups excluding carboxylic acids is 2. The molecule has 1 unspecified atom stereocenters. The Morgan fingerprint density at radius 2 is 2.25 bits per heavy atom. The first kappa shape index (κ1) is 14.9. The third kappa shape index (κ3) is 3.16. The highest BCUT2D eigenvalue weighted by Gasteiger charge is 2.28. The molecule has 1 fully saturated rings. The van der Waals surface area contributed by atoms with Crippen molar-refractivity contribution in [2.75, 3.05) is 33.3 Å². The minimum Gasteiger partial charge on any atom is -0.461 e. The van der Waals surface area contributed by atoms with Crippen LogP contribution in [0.25, 0.3) is 0 Å². The van der Waals surface area contributed by atoms with Gasteiger partial charge in [0.05, 0.1) is 6.61 Å². The molecule has 0 aromatic carbocycles. The number of esters is 1. The van der Waals surface area contributed by atoms with Gasteiger partial charge in [0, 0.05) is 31.1 Å². The van der Waals surface area contributed by atoms with Crippen LogP contribution in [0.2, 0.25) is 0 Å². The quantitative estimate of drug-likeness (QED) is 0.782. The van der Waals surface area contributed by atoms with Crippen LogP contribution in [0.4, 0.5) is 0 Å². The predicted molar refractivity (Wildman–Crippen MR) is 76.1 cm³/mol. The van der Waals surface area contributed by atoms with E-state index >= 15 is 0 Å². The molecule has 0 bridgehead atoms. The Balaban J connectivity index is 2.08. The lowest BCUT2D eigenvalue weighted by Gasteiger charge is -2.37. The molecule has 2 heterocycles. The van der Waals surface area contributed by atoms with Crippen LogP contribution in [0.3, 0.4) is 0 Å². The smallest absolute Gasteiger partial charge is 0.367 e. The van der Waals surface area contributed by atoms with E-state index in [2.05, 4.69) is 9.88 Å². The van der Waals surface area contributed by atoms with Crippen molar-refractivity contribution in [1.82, 2.24) is 14.8 Å². The summed E-state index contributed by atoms with van der Waals surface area (Å²) in [5, 5.41) is 1.86. The Hall–Kier alpha value is -1.47. The minimum atomic E-state index is -0.469. The second-order valence-electron chi connectivity index (χ2n) is 4.87. The molecule has 1 aliphatic heterocycles. The van der Waals surface area contributed by atoms with Crippen molar-refractivity contribution >= 4 is 23.2 Å². The Kier molecular flexibility index (Phi) is 4.72. The number of hydrogen-bond donors (Lipinski definition) is 0. The molecule has 0 aliphatic carbocycles. The van der Waals surface area contributed by atoms with Gasteiger partial charge >= 0.3 is 5.97 Å². The third-order valence-electron chi connectivity index (χ3n) is 3.26. The van der Waals surface area contributed by atoms with Crippen molar-refractivity contribution in [2.45, 2.75) is 19.9 Å². The fourth-order valence-electron chi connectivity index (χ4n) is 2.25. The van der Waals surface area contributed by atoms with Gasteiger partial charge in [0.15, 0.2) is 0 Å². The number of aromatic nitrogens is 1. The highest BCUT2D eigenvalue weighted by molar-refractivity contribution is 7.11. The highest BCUT2D eigenvalue weighted by atomic mass is 32.1. The van der Waals surface area contributed by atoms with Crippen LogP contribution in [0.1, 0.15) is 34.1 Å². The van der Waals surface area contributed by atoms with Crippen molar-refractivity contribution in [3.8, 4) is 0 Å². The molecule has 1 aromatic rings. The number of piperazine rings is 1. The fourth-order valence-corrected chi connectivity index (χ4v) is 2.93. The number of carbonyl (C=O) groups is 2. The maximum absolute atomic E-state index is 12.4. The molecule has 1 aromatic heterocycles. The molecular formula is C13H19N3O3S. The van der Waals surface area contributed by atoms with Crippen molar-refractivity contribution in [1.29, 1.82) is 0 Å². The van der Waals surface area contributed by atoms with Gasteiger partial charge < -0.3 is 14.5 Å². The van der Waals surface area contributed by atoms with Crippen LogP contribution in [0.15, 0.2) is 5.38 Å². The summed E-state index contributed by atoms with van der Waals surface area (Å²) in [6, 6.07) is 0.147. The van der Waals surface area contributed by atoms with Crippen molar-refractivity contribution in [3.05, 3.63) is 16.1 Å². The standard InChI is InChI=1S/C13H19N3O3S/c1-4-19-13(18)11-14-10(8-20-11)12(17)16-6-5-15(3)7-9(16)2/h8-9H,4-7H2,1-3H3. The number of hydrogen-bond acceptors (Lipinski definition) is 6. The van der Waals surface area contributed by atoms with Crippen molar-refractivity contribution < 1.29 is 14.3 Å². The van der Waals surface area contributed by atoms with Gasteiger partial charge in [-0.2, -0.15) is 0 Å². The van der Waals surface area contributed by atoms with Crippen LogP contribution in [-0.2, 0) is 4.74 Å². The summed E-state index contributed by atoms with van der Waals surface area (Å²) in [7, 11) is 2.04. The molecule has 7 heteroatoms. The summed E-state index contributed by atoms with van der Waals surface area (Å²) in [5.74, 6) is -0.583. The number of likely N-dealkylation sites (N-methyl/N-ethyl adjacent to an activating group) is 1. The van der Waals surface area contributed by atoms with E-state index in [1.807, 2.05) is 18.9 Å². The van der Waals surface area contributed by atoms with Gasteiger partial charge in [-0.25, -0.2) is 9.78 Å². The topological polar surface area (TPSA) is 62.7 Å². The normalized spacial score (nSPS) is 19.9. The van der Waals surface area contributed by atoms with Crippen molar-refractivity contribution in [2.24, 2.45) is 0 Å². The highest BCUT2D eigenvalue weighted by Crippen LogP contribution is 2.16. The maximum Gasteiger partial charge on any atom is 0.367 e. The minimum absolute atomic E-state index is 0.114. The molecule has 0 radical (unpaired) electrons. The lowest BCUT2D eigenvalue weighted by atomic mass is 10.2. The molecule has 1 saturated heterocycles.